The Morgan fingerprint density at radius 1 is 1.29 bits per heavy atom. The molecular weight excluding hydrogens is 228 g/mol. The molecule has 2 nitrogen and oxygen atoms in total. The van der Waals surface area contributed by atoms with Gasteiger partial charge in [-0.2, -0.15) is 11.8 Å². The van der Waals surface area contributed by atoms with Gasteiger partial charge in [0.1, 0.15) is 0 Å². The van der Waals surface area contributed by atoms with Gasteiger partial charge in [-0.25, -0.2) is 0 Å². The summed E-state index contributed by atoms with van der Waals surface area (Å²) in [6.07, 6.45) is 2.14. The van der Waals surface area contributed by atoms with Crippen molar-refractivity contribution in [2.45, 2.75) is 18.9 Å². The number of nitrogens with two attached hydrogens (primary N) is 1. The molecule has 0 fully saturated rings. The SMILES string of the molecule is CSCCN(C)C(CN)C(C)c1ccccc1. The minimum Gasteiger partial charge on any atom is -0.329 e. The Bertz CT molecular complexity index is 302. The van der Waals surface area contributed by atoms with Crippen LogP contribution in [-0.2, 0) is 0 Å². The van der Waals surface area contributed by atoms with Crippen molar-refractivity contribution >= 4 is 11.8 Å². The van der Waals surface area contributed by atoms with Gasteiger partial charge in [0, 0.05) is 24.9 Å². The van der Waals surface area contributed by atoms with E-state index in [0.717, 1.165) is 12.3 Å². The number of thioether (sulfide) groups is 1. The fourth-order valence-corrected chi connectivity index (χ4v) is 2.62. The first-order chi connectivity index (χ1) is 8.20. The van der Waals surface area contributed by atoms with E-state index in [1.165, 1.54) is 5.56 Å². The van der Waals surface area contributed by atoms with Gasteiger partial charge >= 0.3 is 0 Å². The molecule has 17 heavy (non-hydrogen) atoms. The van der Waals surface area contributed by atoms with Gasteiger partial charge in [-0.15, -0.1) is 0 Å². The number of likely N-dealkylation sites (N-methyl/N-ethyl adjacent to an activating group) is 1. The lowest BCUT2D eigenvalue weighted by Gasteiger charge is -2.32. The molecule has 0 bridgehead atoms. The van der Waals surface area contributed by atoms with Crippen molar-refractivity contribution in [3.63, 3.8) is 0 Å². The maximum Gasteiger partial charge on any atom is 0.0281 e. The molecule has 0 saturated carbocycles. The van der Waals surface area contributed by atoms with Crippen molar-refractivity contribution in [2.75, 3.05) is 32.1 Å². The van der Waals surface area contributed by atoms with Crippen molar-refractivity contribution in [1.29, 1.82) is 0 Å². The average Bonchev–Trinajstić information content (AvgIpc) is 2.38. The Morgan fingerprint density at radius 3 is 2.47 bits per heavy atom. The zero-order chi connectivity index (χ0) is 12.7. The molecule has 1 aromatic rings. The Hall–Kier alpha value is -0.510. The molecule has 2 N–H and O–H groups in total. The Labute approximate surface area is 110 Å². The third-order valence-electron chi connectivity index (χ3n) is 3.36. The molecule has 1 rings (SSSR count). The van der Waals surface area contributed by atoms with Crippen LogP contribution < -0.4 is 5.73 Å². The van der Waals surface area contributed by atoms with Gasteiger partial charge < -0.3 is 10.6 Å². The summed E-state index contributed by atoms with van der Waals surface area (Å²) in [6, 6.07) is 11.1. The van der Waals surface area contributed by atoms with Crippen LogP contribution in [0.4, 0.5) is 0 Å². The van der Waals surface area contributed by atoms with Crippen LogP contribution in [0.5, 0.6) is 0 Å². The normalized spacial score (nSPS) is 14.9. The molecule has 0 radical (unpaired) electrons. The first kappa shape index (κ1) is 14.6. The van der Waals surface area contributed by atoms with Crippen molar-refractivity contribution in [3.05, 3.63) is 35.9 Å². The second-order valence-corrected chi connectivity index (χ2v) is 5.46. The predicted molar refractivity (Wildman–Crippen MR) is 78.7 cm³/mol. The molecule has 3 heteroatoms. The predicted octanol–water partition coefficient (Wildman–Crippen LogP) is 2.41. The van der Waals surface area contributed by atoms with Gasteiger partial charge in [0.2, 0.25) is 0 Å². The summed E-state index contributed by atoms with van der Waals surface area (Å²) < 4.78 is 0. The number of benzene rings is 1. The number of nitrogens with zero attached hydrogens (tertiary/aromatic N) is 1. The fraction of sp³-hybridized carbons (Fsp3) is 0.571. The Kier molecular flexibility index (Phi) is 6.63. The topological polar surface area (TPSA) is 29.3 Å². The summed E-state index contributed by atoms with van der Waals surface area (Å²) in [6.45, 7) is 4.07. The van der Waals surface area contributed by atoms with E-state index in [1.54, 1.807) is 0 Å². The Balaban J connectivity index is 2.66. The second kappa shape index (κ2) is 7.75. The van der Waals surface area contributed by atoms with Crippen molar-refractivity contribution in [2.24, 2.45) is 5.73 Å². The minimum atomic E-state index is 0.421. The monoisotopic (exact) mass is 252 g/mol. The molecule has 0 aliphatic carbocycles. The van der Waals surface area contributed by atoms with Crippen LogP contribution in [0.3, 0.4) is 0 Å². The van der Waals surface area contributed by atoms with Crippen molar-refractivity contribution < 1.29 is 0 Å². The molecule has 2 atom stereocenters. The summed E-state index contributed by atoms with van der Waals surface area (Å²) >= 11 is 1.88. The van der Waals surface area contributed by atoms with Crippen LogP contribution in [0.15, 0.2) is 30.3 Å². The average molecular weight is 252 g/mol. The molecule has 0 aliphatic heterocycles. The number of hydrogen-bond acceptors (Lipinski definition) is 3. The van der Waals surface area contributed by atoms with Gasteiger partial charge in [0.25, 0.3) is 0 Å². The quantitative estimate of drug-likeness (QED) is 0.808. The fourth-order valence-electron chi connectivity index (χ4n) is 2.15. The van der Waals surface area contributed by atoms with Gasteiger partial charge in [0.15, 0.2) is 0 Å². The zero-order valence-electron chi connectivity index (χ0n) is 11.1. The smallest absolute Gasteiger partial charge is 0.0281 e. The molecule has 0 saturated heterocycles. The van der Waals surface area contributed by atoms with Crippen LogP contribution in [0.25, 0.3) is 0 Å². The highest BCUT2D eigenvalue weighted by Gasteiger charge is 2.21. The number of hydrogen-bond donors (Lipinski definition) is 1. The Morgan fingerprint density at radius 2 is 1.94 bits per heavy atom. The van der Waals surface area contributed by atoms with Gasteiger partial charge in [-0.05, 0) is 24.8 Å². The van der Waals surface area contributed by atoms with E-state index in [0.29, 0.717) is 18.5 Å². The van der Waals surface area contributed by atoms with E-state index >= 15 is 0 Å². The maximum absolute atomic E-state index is 5.94. The van der Waals surface area contributed by atoms with Crippen LogP contribution in [-0.4, -0.2) is 43.1 Å². The molecule has 0 heterocycles. The third kappa shape index (κ3) is 4.34. The third-order valence-corrected chi connectivity index (χ3v) is 3.95. The lowest BCUT2D eigenvalue weighted by atomic mass is 9.92. The van der Waals surface area contributed by atoms with Gasteiger partial charge in [0.05, 0.1) is 0 Å². The summed E-state index contributed by atoms with van der Waals surface area (Å²) in [5.74, 6) is 1.64. The van der Waals surface area contributed by atoms with Crippen molar-refractivity contribution in [1.82, 2.24) is 4.90 Å². The summed E-state index contributed by atoms with van der Waals surface area (Å²) in [5, 5.41) is 0. The molecule has 0 aromatic heterocycles. The zero-order valence-corrected chi connectivity index (χ0v) is 11.9. The lowest BCUT2D eigenvalue weighted by molar-refractivity contribution is 0.233. The highest BCUT2D eigenvalue weighted by molar-refractivity contribution is 7.98. The van der Waals surface area contributed by atoms with Crippen LogP contribution >= 0.6 is 11.8 Å². The molecule has 1 aromatic carbocycles. The van der Waals surface area contributed by atoms with E-state index in [9.17, 15) is 0 Å². The van der Waals surface area contributed by atoms with E-state index in [1.807, 2.05) is 11.8 Å². The molecule has 0 spiro atoms. The first-order valence-electron chi connectivity index (χ1n) is 6.15. The molecule has 2 unspecified atom stereocenters. The molecule has 96 valence electrons. The molecule has 0 aliphatic rings. The summed E-state index contributed by atoms with van der Waals surface area (Å²) in [5.41, 5.74) is 7.31. The molecule has 0 amide bonds. The van der Waals surface area contributed by atoms with E-state index < -0.39 is 0 Å². The van der Waals surface area contributed by atoms with Gasteiger partial charge in [-0.3, -0.25) is 0 Å². The maximum atomic E-state index is 5.94. The van der Waals surface area contributed by atoms with Gasteiger partial charge in [-0.1, -0.05) is 37.3 Å². The van der Waals surface area contributed by atoms with Crippen molar-refractivity contribution in [3.8, 4) is 0 Å². The highest BCUT2D eigenvalue weighted by Crippen LogP contribution is 2.21. The summed E-state index contributed by atoms with van der Waals surface area (Å²) in [4.78, 5) is 2.38. The van der Waals surface area contributed by atoms with E-state index in [2.05, 4.69) is 55.5 Å². The lowest BCUT2D eigenvalue weighted by Crippen LogP contribution is -2.42. The number of rotatable bonds is 7. The molecular formula is C14H24N2S. The highest BCUT2D eigenvalue weighted by atomic mass is 32.2. The van der Waals surface area contributed by atoms with Crippen LogP contribution in [0.2, 0.25) is 0 Å². The van der Waals surface area contributed by atoms with E-state index in [4.69, 9.17) is 5.73 Å². The minimum absolute atomic E-state index is 0.421. The largest absolute Gasteiger partial charge is 0.329 e. The standard InChI is InChI=1S/C14H24N2S/c1-12(13-7-5-4-6-8-13)14(11-15)16(2)9-10-17-3/h4-8,12,14H,9-11,15H2,1-3H3. The summed E-state index contributed by atoms with van der Waals surface area (Å²) in [7, 11) is 2.17. The first-order valence-corrected chi connectivity index (χ1v) is 7.54. The van der Waals surface area contributed by atoms with E-state index in [-0.39, 0.29) is 0 Å². The van der Waals surface area contributed by atoms with Crippen LogP contribution in [0, 0.1) is 0 Å². The van der Waals surface area contributed by atoms with Crippen LogP contribution in [0.1, 0.15) is 18.4 Å². The second-order valence-electron chi connectivity index (χ2n) is 4.48.